The summed E-state index contributed by atoms with van der Waals surface area (Å²) in [5.74, 6) is 0.668. The maximum atomic E-state index is 11.7. The molecule has 0 aromatic carbocycles. The lowest BCUT2D eigenvalue weighted by molar-refractivity contribution is -0.141. The molecule has 0 fully saturated rings. The van der Waals surface area contributed by atoms with Gasteiger partial charge in [-0.25, -0.2) is 9.97 Å². The molecule has 20 heavy (non-hydrogen) atoms. The van der Waals surface area contributed by atoms with E-state index in [2.05, 4.69) is 23.8 Å². The van der Waals surface area contributed by atoms with Crippen molar-refractivity contribution >= 4 is 11.9 Å². The van der Waals surface area contributed by atoms with Crippen LogP contribution in [0, 0.1) is 6.92 Å². The average Bonchev–Trinajstić information content (AvgIpc) is 2.35. The zero-order chi connectivity index (χ0) is 15.3. The highest BCUT2D eigenvalue weighted by Gasteiger charge is 2.19. The number of ether oxygens (including phenoxy) is 1. The van der Waals surface area contributed by atoms with E-state index < -0.39 is 0 Å². The Morgan fingerprint density at radius 3 is 2.45 bits per heavy atom. The Morgan fingerprint density at radius 2 is 1.95 bits per heavy atom. The standard InChI is InChI=1S/C15H25N3O2/c1-7-20-14(19)9-18(11(4)5)15-16-12(6)8-13(17-15)10(2)3/h8,10-11H,7,9H2,1-6H3. The molecule has 0 saturated carbocycles. The number of nitrogens with zero attached hydrogens (tertiary/aromatic N) is 3. The number of aryl methyl sites for hydroxylation is 1. The predicted molar refractivity (Wildman–Crippen MR) is 80.0 cm³/mol. The summed E-state index contributed by atoms with van der Waals surface area (Å²) in [6, 6.07) is 2.11. The number of hydrogen-bond donors (Lipinski definition) is 0. The summed E-state index contributed by atoms with van der Waals surface area (Å²) in [6.07, 6.45) is 0. The van der Waals surface area contributed by atoms with Crippen molar-refractivity contribution < 1.29 is 9.53 Å². The lowest BCUT2D eigenvalue weighted by atomic mass is 10.1. The number of aromatic nitrogens is 2. The minimum Gasteiger partial charge on any atom is -0.465 e. The summed E-state index contributed by atoms with van der Waals surface area (Å²) in [6.45, 7) is 12.5. The zero-order valence-electron chi connectivity index (χ0n) is 13.3. The minimum atomic E-state index is -0.252. The fraction of sp³-hybridized carbons (Fsp3) is 0.667. The van der Waals surface area contributed by atoms with E-state index in [4.69, 9.17) is 4.74 Å². The van der Waals surface area contributed by atoms with E-state index in [0.29, 0.717) is 18.5 Å². The molecule has 1 aromatic heterocycles. The fourth-order valence-corrected chi connectivity index (χ4v) is 1.83. The molecule has 0 unspecified atom stereocenters. The van der Waals surface area contributed by atoms with Gasteiger partial charge in [-0.15, -0.1) is 0 Å². The SMILES string of the molecule is CCOC(=O)CN(c1nc(C)cc(C(C)C)n1)C(C)C. The van der Waals surface area contributed by atoms with Crippen LogP contribution in [0.1, 0.15) is 51.9 Å². The van der Waals surface area contributed by atoms with Crippen molar-refractivity contribution in [2.24, 2.45) is 0 Å². The van der Waals surface area contributed by atoms with Crippen LogP contribution in [0.3, 0.4) is 0 Å². The molecule has 0 spiro atoms. The Bertz CT molecular complexity index is 458. The molecule has 0 N–H and O–H groups in total. The molecule has 0 amide bonds. The van der Waals surface area contributed by atoms with E-state index >= 15 is 0 Å². The Labute approximate surface area is 121 Å². The van der Waals surface area contributed by atoms with E-state index in [-0.39, 0.29) is 18.6 Å². The smallest absolute Gasteiger partial charge is 0.325 e. The van der Waals surface area contributed by atoms with Crippen LogP contribution >= 0.6 is 0 Å². The molecule has 112 valence electrons. The van der Waals surface area contributed by atoms with Crippen LogP contribution in [0.2, 0.25) is 0 Å². The van der Waals surface area contributed by atoms with Crippen molar-refractivity contribution in [1.82, 2.24) is 9.97 Å². The van der Waals surface area contributed by atoms with Crippen LogP contribution in [0.5, 0.6) is 0 Å². The van der Waals surface area contributed by atoms with Gasteiger partial charge in [-0.3, -0.25) is 4.79 Å². The molecule has 0 aliphatic carbocycles. The molecule has 0 atom stereocenters. The molecular weight excluding hydrogens is 254 g/mol. The summed E-state index contributed by atoms with van der Waals surface area (Å²) in [7, 11) is 0. The fourth-order valence-electron chi connectivity index (χ4n) is 1.83. The van der Waals surface area contributed by atoms with Gasteiger partial charge in [0.15, 0.2) is 0 Å². The van der Waals surface area contributed by atoms with Crippen LogP contribution in [-0.2, 0) is 9.53 Å². The normalized spacial score (nSPS) is 11.0. The molecule has 1 rings (SSSR count). The van der Waals surface area contributed by atoms with Crippen molar-refractivity contribution in [2.75, 3.05) is 18.1 Å². The number of carbonyl (C=O) groups is 1. The Morgan fingerprint density at radius 1 is 1.30 bits per heavy atom. The first-order valence-corrected chi connectivity index (χ1v) is 7.13. The summed E-state index contributed by atoms with van der Waals surface area (Å²) in [5, 5.41) is 0. The second-order valence-corrected chi connectivity index (χ2v) is 5.42. The molecule has 5 heteroatoms. The Kier molecular flexibility index (Phi) is 5.92. The van der Waals surface area contributed by atoms with E-state index in [1.54, 1.807) is 6.92 Å². The lowest BCUT2D eigenvalue weighted by Crippen LogP contribution is -2.38. The van der Waals surface area contributed by atoms with Crippen LogP contribution in [-0.4, -0.2) is 35.1 Å². The van der Waals surface area contributed by atoms with Gasteiger partial charge in [0.2, 0.25) is 5.95 Å². The first-order valence-electron chi connectivity index (χ1n) is 7.13. The molecule has 1 heterocycles. The average molecular weight is 279 g/mol. The lowest BCUT2D eigenvalue weighted by Gasteiger charge is -2.26. The van der Waals surface area contributed by atoms with Gasteiger partial charge < -0.3 is 9.64 Å². The van der Waals surface area contributed by atoms with Crippen LogP contribution < -0.4 is 4.90 Å². The molecule has 0 saturated heterocycles. The third-order valence-electron chi connectivity index (χ3n) is 2.94. The minimum absolute atomic E-state index is 0.126. The number of rotatable bonds is 6. The monoisotopic (exact) mass is 279 g/mol. The molecular formula is C15H25N3O2. The first kappa shape index (κ1) is 16.4. The topological polar surface area (TPSA) is 55.3 Å². The van der Waals surface area contributed by atoms with Crippen molar-refractivity contribution in [3.63, 3.8) is 0 Å². The molecule has 0 bridgehead atoms. The zero-order valence-corrected chi connectivity index (χ0v) is 13.3. The van der Waals surface area contributed by atoms with Gasteiger partial charge in [-0.05, 0) is 39.7 Å². The van der Waals surface area contributed by atoms with Crippen molar-refractivity contribution in [3.8, 4) is 0 Å². The summed E-state index contributed by atoms with van der Waals surface area (Å²) in [4.78, 5) is 22.6. The Hall–Kier alpha value is -1.65. The van der Waals surface area contributed by atoms with E-state index in [9.17, 15) is 4.79 Å². The summed E-state index contributed by atoms with van der Waals surface area (Å²) < 4.78 is 5.02. The highest BCUT2D eigenvalue weighted by molar-refractivity contribution is 5.75. The first-order chi connectivity index (χ1) is 9.35. The molecule has 0 aliphatic rings. The number of carbonyl (C=O) groups excluding carboxylic acids is 1. The van der Waals surface area contributed by atoms with Gasteiger partial charge in [0.25, 0.3) is 0 Å². The quantitative estimate of drug-likeness (QED) is 0.749. The van der Waals surface area contributed by atoms with Gasteiger partial charge in [0.1, 0.15) is 6.54 Å². The van der Waals surface area contributed by atoms with E-state index in [1.807, 2.05) is 31.7 Å². The van der Waals surface area contributed by atoms with Gasteiger partial charge in [-0.2, -0.15) is 0 Å². The largest absolute Gasteiger partial charge is 0.465 e. The predicted octanol–water partition coefficient (Wildman–Crippen LogP) is 2.69. The maximum Gasteiger partial charge on any atom is 0.325 e. The highest BCUT2D eigenvalue weighted by atomic mass is 16.5. The molecule has 0 aliphatic heterocycles. The third-order valence-corrected chi connectivity index (χ3v) is 2.94. The van der Waals surface area contributed by atoms with Crippen molar-refractivity contribution in [1.29, 1.82) is 0 Å². The Balaban J connectivity index is 3.05. The maximum absolute atomic E-state index is 11.7. The molecule has 5 nitrogen and oxygen atoms in total. The van der Waals surface area contributed by atoms with Crippen LogP contribution in [0.15, 0.2) is 6.07 Å². The number of hydrogen-bond acceptors (Lipinski definition) is 5. The van der Waals surface area contributed by atoms with Crippen molar-refractivity contribution in [2.45, 2.75) is 53.5 Å². The van der Waals surface area contributed by atoms with E-state index in [1.165, 1.54) is 0 Å². The summed E-state index contributed by atoms with van der Waals surface area (Å²) in [5.41, 5.74) is 1.90. The van der Waals surface area contributed by atoms with E-state index in [0.717, 1.165) is 11.4 Å². The second-order valence-electron chi connectivity index (χ2n) is 5.42. The van der Waals surface area contributed by atoms with Gasteiger partial charge in [0.05, 0.1) is 6.61 Å². The second kappa shape index (κ2) is 7.22. The molecule has 1 aromatic rings. The highest BCUT2D eigenvalue weighted by Crippen LogP contribution is 2.18. The number of esters is 1. The number of anilines is 1. The van der Waals surface area contributed by atoms with Crippen molar-refractivity contribution in [3.05, 3.63) is 17.5 Å². The van der Waals surface area contributed by atoms with Crippen LogP contribution in [0.4, 0.5) is 5.95 Å². The van der Waals surface area contributed by atoms with Crippen LogP contribution in [0.25, 0.3) is 0 Å². The van der Waals surface area contributed by atoms with Gasteiger partial charge in [-0.1, -0.05) is 13.8 Å². The third kappa shape index (κ3) is 4.47. The summed E-state index contributed by atoms with van der Waals surface area (Å²) >= 11 is 0. The molecule has 0 radical (unpaired) electrons. The van der Waals surface area contributed by atoms with Gasteiger partial charge in [0, 0.05) is 17.4 Å². The van der Waals surface area contributed by atoms with Gasteiger partial charge >= 0.3 is 5.97 Å².